The van der Waals surface area contributed by atoms with Gasteiger partial charge >= 0.3 is 0 Å². The molecule has 0 radical (unpaired) electrons. The quantitative estimate of drug-likeness (QED) is 0.799. The van der Waals surface area contributed by atoms with Gasteiger partial charge in [0.2, 0.25) is 3.83 Å². The second-order valence-electron chi connectivity index (χ2n) is 2.28. The summed E-state index contributed by atoms with van der Waals surface area (Å²) in [6, 6.07) is 0. The molecule has 62 valence electrons. The summed E-state index contributed by atoms with van der Waals surface area (Å²) in [6.07, 6.45) is 1.67. The van der Waals surface area contributed by atoms with Gasteiger partial charge < -0.3 is 4.52 Å². The Labute approximate surface area is 81.7 Å². The van der Waals surface area contributed by atoms with E-state index in [1.165, 1.54) is 0 Å². The summed E-state index contributed by atoms with van der Waals surface area (Å²) >= 11 is 1.99. The van der Waals surface area contributed by atoms with E-state index >= 15 is 0 Å². The molecular formula is C6H5IN4O. The molecule has 0 fully saturated rings. The minimum absolute atomic E-state index is 0.505. The zero-order chi connectivity index (χ0) is 8.55. The fourth-order valence-electron chi connectivity index (χ4n) is 0.881. The summed E-state index contributed by atoms with van der Waals surface area (Å²) < 4.78 is 5.56. The first-order chi connectivity index (χ1) is 5.77. The lowest BCUT2D eigenvalue weighted by atomic mass is 10.3. The Morgan fingerprint density at radius 3 is 2.92 bits per heavy atom. The van der Waals surface area contributed by atoms with E-state index in [0.717, 1.165) is 11.3 Å². The zero-order valence-corrected chi connectivity index (χ0v) is 8.36. The summed E-state index contributed by atoms with van der Waals surface area (Å²) in [6.45, 7) is 1.90. The van der Waals surface area contributed by atoms with Crippen molar-refractivity contribution in [1.82, 2.24) is 20.3 Å². The summed E-state index contributed by atoms with van der Waals surface area (Å²) in [5.74, 6) is 0.505. The summed E-state index contributed by atoms with van der Waals surface area (Å²) in [7, 11) is 0. The van der Waals surface area contributed by atoms with Crippen LogP contribution in [0.3, 0.4) is 0 Å². The molecule has 0 aliphatic heterocycles. The molecule has 5 nitrogen and oxygen atoms in total. The standard InChI is InChI=1S/C6H5IN4O/c1-3-4(2-8-10-3)5-9-6(7)11-12-5/h2H,1H3,(H,8,10). The number of hydrogen-bond acceptors (Lipinski definition) is 4. The lowest BCUT2D eigenvalue weighted by Gasteiger charge is -1.86. The van der Waals surface area contributed by atoms with Crippen LogP contribution in [0.1, 0.15) is 5.69 Å². The van der Waals surface area contributed by atoms with Gasteiger partial charge in [-0.3, -0.25) is 5.10 Å². The van der Waals surface area contributed by atoms with Crippen LogP contribution in [0.2, 0.25) is 0 Å². The predicted octanol–water partition coefficient (Wildman–Crippen LogP) is 1.37. The van der Waals surface area contributed by atoms with Gasteiger partial charge in [0, 0.05) is 28.3 Å². The van der Waals surface area contributed by atoms with Crippen LogP contribution in [-0.2, 0) is 0 Å². The van der Waals surface area contributed by atoms with Crippen molar-refractivity contribution in [2.75, 3.05) is 0 Å². The van der Waals surface area contributed by atoms with Crippen molar-refractivity contribution in [3.05, 3.63) is 15.7 Å². The Kier molecular flexibility index (Phi) is 1.83. The predicted molar refractivity (Wildman–Crippen MR) is 49.3 cm³/mol. The number of aryl methyl sites for hydroxylation is 1. The summed E-state index contributed by atoms with van der Waals surface area (Å²) in [5.41, 5.74) is 1.78. The number of hydrogen-bond donors (Lipinski definition) is 1. The van der Waals surface area contributed by atoms with Crippen molar-refractivity contribution in [3.63, 3.8) is 0 Å². The van der Waals surface area contributed by atoms with Gasteiger partial charge in [0.05, 0.1) is 11.8 Å². The molecule has 12 heavy (non-hydrogen) atoms. The van der Waals surface area contributed by atoms with E-state index < -0.39 is 0 Å². The zero-order valence-electron chi connectivity index (χ0n) is 6.21. The van der Waals surface area contributed by atoms with Crippen molar-refractivity contribution in [3.8, 4) is 11.5 Å². The van der Waals surface area contributed by atoms with Crippen molar-refractivity contribution < 1.29 is 4.52 Å². The minimum Gasteiger partial charge on any atom is -0.333 e. The molecule has 6 heteroatoms. The Bertz CT molecular complexity index is 394. The number of halogens is 1. The van der Waals surface area contributed by atoms with E-state index in [0.29, 0.717) is 9.72 Å². The van der Waals surface area contributed by atoms with E-state index in [4.69, 9.17) is 4.52 Å². The maximum absolute atomic E-state index is 4.96. The van der Waals surface area contributed by atoms with Crippen LogP contribution in [0.15, 0.2) is 10.7 Å². The van der Waals surface area contributed by atoms with Gasteiger partial charge in [0.1, 0.15) is 0 Å². The molecule has 0 atom stereocenters. The second kappa shape index (κ2) is 2.85. The van der Waals surface area contributed by atoms with Gasteiger partial charge in [-0.15, -0.1) is 0 Å². The molecule has 0 spiro atoms. The van der Waals surface area contributed by atoms with Gasteiger partial charge in [-0.05, 0) is 6.92 Å². The average Bonchev–Trinajstić information content (AvgIpc) is 2.58. The molecule has 2 aromatic rings. The highest BCUT2D eigenvalue weighted by atomic mass is 127. The SMILES string of the molecule is Cc1[nH]ncc1-c1nc(I)no1. The van der Waals surface area contributed by atoms with Gasteiger partial charge in [0.25, 0.3) is 5.89 Å². The van der Waals surface area contributed by atoms with Crippen molar-refractivity contribution in [1.29, 1.82) is 0 Å². The highest BCUT2D eigenvalue weighted by Crippen LogP contribution is 2.18. The van der Waals surface area contributed by atoms with E-state index in [-0.39, 0.29) is 0 Å². The van der Waals surface area contributed by atoms with Crippen LogP contribution in [0.25, 0.3) is 11.5 Å². The molecule has 0 saturated carbocycles. The molecule has 2 rings (SSSR count). The third-order valence-corrected chi connectivity index (χ3v) is 1.90. The number of aromatic amines is 1. The van der Waals surface area contributed by atoms with Crippen molar-refractivity contribution >= 4 is 22.6 Å². The molecule has 0 unspecified atom stereocenters. The number of H-pyrrole nitrogens is 1. The average molecular weight is 276 g/mol. The van der Waals surface area contributed by atoms with Gasteiger partial charge in [0.15, 0.2) is 0 Å². The third kappa shape index (κ3) is 1.22. The molecule has 0 aliphatic carbocycles. The molecule has 2 aromatic heterocycles. The minimum atomic E-state index is 0.505. The number of nitrogens with zero attached hydrogens (tertiary/aromatic N) is 3. The first-order valence-corrected chi connectivity index (χ1v) is 4.35. The molecule has 2 heterocycles. The van der Waals surface area contributed by atoms with Crippen LogP contribution in [-0.4, -0.2) is 20.3 Å². The Hall–Kier alpha value is -0.920. The van der Waals surface area contributed by atoms with Crippen LogP contribution in [0.5, 0.6) is 0 Å². The molecule has 0 aliphatic rings. The first-order valence-electron chi connectivity index (χ1n) is 3.27. The van der Waals surface area contributed by atoms with Crippen molar-refractivity contribution in [2.24, 2.45) is 0 Å². The van der Waals surface area contributed by atoms with Crippen LogP contribution in [0.4, 0.5) is 0 Å². The van der Waals surface area contributed by atoms with Crippen LogP contribution < -0.4 is 0 Å². The lowest BCUT2D eigenvalue weighted by Crippen LogP contribution is -1.78. The third-order valence-electron chi connectivity index (χ3n) is 1.46. The number of rotatable bonds is 1. The maximum Gasteiger partial charge on any atom is 0.262 e. The van der Waals surface area contributed by atoms with E-state index in [9.17, 15) is 0 Å². The Balaban J connectivity index is 2.50. The van der Waals surface area contributed by atoms with Gasteiger partial charge in [-0.2, -0.15) is 10.1 Å². The van der Waals surface area contributed by atoms with E-state index in [1.807, 2.05) is 29.5 Å². The molecule has 0 bridgehead atoms. The largest absolute Gasteiger partial charge is 0.333 e. The number of aromatic nitrogens is 4. The van der Waals surface area contributed by atoms with Gasteiger partial charge in [-0.25, -0.2) is 0 Å². The molecule has 0 amide bonds. The molecular weight excluding hydrogens is 271 g/mol. The van der Waals surface area contributed by atoms with E-state index in [1.54, 1.807) is 6.20 Å². The fraction of sp³-hybridized carbons (Fsp3) is 0.167. The summed E-state index contributed by atoms with van der Waals surface area (Å²) in [4.78, 5) is 4.06. The first kappa shape index (κ1) is 7.71. The summed E-state index contributed by atoms with van der Waals surface area (Å²) in [5, 5.41) is 10.3. The van der Waals surface area contributed by atoms with E-state index in [2.05, 4.69) is 20.3 Å². The topological polar surface area (TPSA) is 67.6 Å². The fourth-order valence-corrected chi connectivity index (χ4v) is 1.20. The van der Waals surface area contributed by atoms with Crippen LogP contribution >= 0.6 is 22.6 Å². The van der Waals surface area contributed by atoms with Gasteiger partial charge in [-0.1, -0.05) is 5.16 Å². The number of nitrogens with one attached hydrogen (secondary N) is 1. The maximum atomic E-state index is 4.96. The Morgan fingerprint density at radius 2 is 2.42 bits per heavy atom. The lowest BCUT2D eigenvalue weighted by molar-refractivity contribution is 0.425. The molecule has 1 N–H and O–H groups in total. The highest BCUT2D eigenvalue weighted by Gasteiger charge is 2.10. The monoisotopic (exact) mass is 276 g/mol. The highest BCUT2D eigenvalue weighted by molar-refractivity contribution is 14.1. The second-order valence-corrected chi connectivity index (χ2v) is 3.24. The van der Waals surface area contributed by atoms with Crippen molar-refractivity contribution in [2.45, 2.75) is 6.92 Å². The van der Waals surface area contributed by atoms with Crippen LogP contribution in [0, 0.1) is 10.8 Å². The molecule has 0 aromatic carbocycles. The Morgan fingerprint density at radius 1 is 1.58 bits per heavy atom. The molecule has 0 saturated heterocycles. The normalized spacial score (nSPS) is 10.5. The smallest absolute Gasteiger partial charge is 0.262 e.